The molecule has 1 atom stereocenters. The standard InChI is InChI=1S/C18H20F2N2O6S/c1-18(17(24)21-25,29(3,26)27)6-7-22-10-14(20)12(9-16(22)23)11-4-5-15(28-2)13(19)8-11/h4-5,8-10,25H,6-7H2,1-3H3,(H,21,24)/t18-/m1/s1. The second kappa shape index (κ2) is 8.29. The molecule has 0 spiro atoms. The summed E-state index contributed by atoms with van der Waals surface area (Å²) in [5.74, 6) is -2.78. The van der Waals surface area contributed by atoms with Gasteiger partial charge >= 0.3 is 0 Å². The van der Waals surface area contributed by atoms with E-state index in [9.17, 15) is 26.8 Å². The number of carbonyl (C=O) groups excluding carboxylic acids is 1. The molecule has 1 aromatic carbocycles. The van der Waals surface area contributed by atoms with Crippen molar-refractivity contribution in [2.45, 2.75) is 24.6 Å². The normalized spacial score (nSPS) is 13.6. The van der Waals surface area contributed by atoms with Crippen LogP contribution in [0.15, 0.2) is 35.3 Å². The van der Waals surface area contributed by atoms with Crippen LogP contribution in [0.3, 0.4) is 0 Å². The minimum Gasteiger partial charge on any atom is -0.494 e. The van der Waals surface area contributed by atoms with Crippen LogP contribution >= 0.6 is 0 Å². The van der Waals surface area contributed by atoms with Gasteiger partial charge in [0.2, 0.25) is 0 Å². The van der Waals surface area contributed by atoms with Crippen LogP contribution in [0.2, 0.25) is 0 Å². The van der Waals surface area contributed by atoms with E-state index >= 15 is 0 Å². The lowest BCUT2D eigenvalue weighted by Gasteiger charge is -2.25. The van der Waals surface area contributed by atoms with Gasteiger partial charge in [-0.25, -0.2) is 22.7 Å². The molecule has 29 heavy (non-hydrogen) atoms. The summed E-state index contributed by atoms with van der Waals surface area (Å²) in [4.78, 5) is 24.2. The number of rotatable bonds is 7. The van der Waals surface area contributed by atoms with Gasteiger partial charge in [-0.15, -0.1) is 0 Å². The monoisotopic (exact) mass is 430 g/mol. The van der Waals surface area contributed by atoms with Crippen LogP contribution < -0.4 is 15.8 Å². The molecule has 0 unspecified atom stereocenters. The molecular weight excluding hydrogens is 410 g/mol. The highest BCUT2D eigenvalue weighted by Crippen LogP contribution is 2.27. The Hall–Kier alpha value is -2.79. The summed E-state index contributed by atoms with van der Waals surface area (Å²) in [6.45, 7) is 0.772. The first-order valence-electron chi connectivity index (χ1n) is 8.32. The van der Waals surface area contributed by atoms with Gasteiger partial charge in [0.1, 0.15) is 5.82 Å². The first-order chi connectivity index (χ1) is 13.4. The molecule has 0 fully saturated rings. The van der Waals surface area contributed by atoms with E-state index in [2.05, 4.69) is 0 Å². The molecule has 0 aliphatic rings. The minimum atomic E-state index is -3.97. The van der Waals surface area contributed by atoms with Gasteiger partial charge in [-0.2, -0.15) is 0 Å². The van der Waals surface area contributed by atoms with Crippen LogP contribution in [0.1, 0.15) is 13.3 Å². The summed E-state index contributed by atoms with van der Waals surface area (Å²) in [6.07, 6.45) is 1.26. The fourth-order valence-corrected chi connectivity index (χ4v) is 3.54. The predicted octanol–water partition coefficient (Wildman–Crippen LogP) is 1.50. The van der Waals surface area contributed by atoms with Crippen molar-refractivity contribution in [2.24, 2.45) is 0 Å². The quantitative estimate of drug-likeness (QED) is 0.508. The highest BCUT2D eigenvalue weighted by Gasteiger charge is 2.43. The van der Waals surface area contributed by atoms with Gasteiger partial charge < -0.3 is 9.30 Å². The fourth-order valence-electron chi connectivity index (χ4n) is 2.69. The van der Waals surface area contributed by atoms with E-state index in [-0.39, 0.29) is 23.4 Å². The van der Waals surface area contributed by atoms with E-state index in [4.69, 9.17) is 9.94 Å². The van der Waals surface area contributed by atoms with E-state index in [1.807, 2.05) is 0 Å². The molecule has 0 aliphatic heterocycles. The number of hydrogen-bond acceptors (Lipinski definition) is 6. The van der Waals surface area contributed by atoms with Gasteiger partial charge in [-0.05, 0) is 31.0 Å². The van der Waals surface area contributed by atoms with E-state index in [1.54, 1.807) is 0 Å². The van der Waals surface area contributed by atoms with Crippen LogP contribution in [-0.2, 0) is 21.2 Å². The number of amides is 1. The zero-order valence-electron chi connectivity index (χ0n) is 15.9. The van der Waals surface area contributed by atoms with Gasteiger partial charge in [0.25, 0.3) is 11.5 Å². The molecule has 2 N–H and O–H groups in total. The molecule has 2 aromatic rings. The number of methoxy groups -OCH3 is 1. The highest BCUT2D eigenvalue weighted by atomic mass is 32.2. The zero-order chi connectivity index (χ0) is 22.0. The molecule has 0 aliphatic carbocycles. The number of nitrogens with zero attached hydrogens (tertiary/aromatic N) is 1. The molecule has 0 saturated carbocycles. The number of hydrogen-bond donors (Lipinski definition) is 2. The smallest absolute Gasteiger partial charge is 0.264 e. The topological polar surface area (TPSA) is 115 Å². The lowest BCUT2D eigenvalue weighted by Crippen LogP contribution is -2.50. The van der Waals surface area contributed by atoms with Crippen LogP contribution in [-0.4, -0.2) is 42.2 Å². The Morgan fingerprint density at radius 3 is 2.45 bits per heavy atom. The average Bonchev–Trinajstić information content (AvgIpc) is 2.66. The van der Waals surface area contributed by atoms with Crippen molar-refractivity contribution >= 4 is 15.7 Å². The van der Waals surface area contributed by atoms with Crippen molar-refractivity contribution in [2.75, 3.05) is 13.4 Å². The molecule has 1 aromatic heterocycles. The summed E-state index contributed by atoms with van der Waals surface area (Å²) < 4.78 is 56.0. The summed E-state index contributed by atoms with van der Waals surface area (Å²) in [5.41, 5.74) is 0.582. The first-order valence-corrected chi connectivity index (χ1v) is 10.2. The zero-order valence-corrected chi connectivity index (χ0v) is 16.7. The molecule has 158 valence electrons. The maximum Gasteiger partial charge on any atom is 0.264 e. The van der Waals surface area contributed by atoms with Crippen LogP contribution in [0.4, 0.5) is 8.78 Å². The van der Waals surface area contributed by atoms with Crippen molar-refractivity contribution < 1.29 is 31.9 Å². The van der Waals surface area contributed by atoms with Crippen LogP contribution in [0.25, 0.3) is 11.1 Å². The largest absolute Gasteiger partial charge is 0.494 e. The van der Waals surface area contributed by atoms with Crippen molar-refractivity contribution in [3.05, 3.63) is 52.5 Å². The van der Waals surface area contributed by atoms with Crippen LogP contribution in [0.5, 0.6) is 5.75 Å². The third kappa shape index (κ3) is 4.46. The Morgan fingerprint density at radius 1 is 1.28 bits per heavy atom. The number of aromatic nitrogens is 1. The number of ether oxygens (including phenoxy) is 1. The number of halogens is 2. The van der Waals surface area contributed by atoms with E-state index in [0.29, 0.717) is 0 Å². The van der Waals surface area contributed by atoms with Gasteiger partial charge in [0.05, 0.1) is 7.11 Å². The van der Waals surface area contributed by atoms with Crippen molar-refractivity contribution in [3.63, 3.8) is 0 Å². The maximum atomic E-state index is 14.6. The second-order valence-corrected chi connectivity index (χ2v) is 9.06. The summed E-state index contributed by atoms with van der Waals surface area (Å²) >= 11 is 0. The summed E-state index contributed by atoms with van der Waals surface area (Å²) in [6, 6.07) is 4.64. The Labute approximate surface area is 165 Å². The van der Waals surface area contributed by atoms with Crippen molar-refractivity contribution in [1.82, 2.24) is 10.0 Å². The summed E-state index contributed by atoms with van der Waals surface area (Å²) in [7, 11) is -2.69. The second-order valence-electron chi connectivity index (χ2n) is 6.61. The molecule has 8 nitrogen and oxygen atoms in total. The van der Waals surface area contributed by atoms with Gasteiger partial charge in [-0.3, -0.25) is 14.8 Å². The molecule has 0 radical (unpaired) electrons. The van der Waals surface area contributed by atoms with Gasteiger partial charge in [-0.1, -0.05) is 6.07 Å². The van der Waals surface area contributed by atoms with Gasteiger partial charge in [0.15, 0.2) is 26.2 Å². The predicted molar refractivity (Wildman–Crippen MR) is 100 cm³/mol. The van der Waals surface area contributed by atoms with E-state index in [0.717, 1.165) is 36.1 Å². The minimum absolute atomic E-state index is 0.0373. The number of pyridine rings is 1. The van der Waals surface area contributed by atoms with Crippen molar-refractivity contribution in [1.29, 1.82) is 0 Å². The lowest BCUT2D eigenvalue weighted by atomic mass is 10.0. The number of benzene rings is 1. The van der Waals surface area contributed by atoms with E-state index < -0.39 is 44.1 Å². The van der Waals surface area contributed by atoms with E-state index in [1.165, 1.54) is 24.7 Å². The molecule has 2 rings (SSSR count). The number of nitrogens with one attached hydrogen (secondary N) is 1. The SMILES string of the molecule is COc1ccc(-c2cc(=O)n(CC[C@](C)(C(=O)NO)S(C)(=O)=O)cc2F)cc1F. The number of aryl methyl sites for hydroxylation is 1. The first kappa shape index (κ1) is 22.5. The third-order valence-corrected chi connectivity index (χ3v) is 6.80. The molecule has 1 amide bonds. The van der Waals surface area contributed by atoms with Gasteiger partial charge in [0, 0.05) is 30.6 Å². The number of sulfone groups is 1. The lowest BCUT2D eigenvalue weighted by molar-refractivity contribution is -0.131. The molecule has 1 heterocycles. The highest BCUT2D eigenvalue weighted by molar-refractivity contribution is 7.92. The Kier molecular flexibility index (Phi) is 6.43. The molecule has 0 bridgehead atoms. The van der Waals surface area contributed by atoms with Crippen molar-refractivity contribution in [3.8, 4) is 16.9 Å². The number of hydroxylamine groups is 1. The Bertz CT molecular complexity index is 1100. The third-order valence-electron chi connectivity index (χ3n) is 4.77. The molecule has 11 heteroatoms. The number of carbonyl (C=O) groups is 1. The van der Waals surface area contributed by atoms with Crippen LogP contribution in [0, 0.1) is 11.6 Å². The fraction of sp³-hybridized carbons (Fsp3) is 0.333. The Morgan fingerprint density at radius 2 is 1.93 bits per heavy atom. The maximum absolute atomic E-state index is 14.6. The molecular formula is C18H20F2N2O6S. The summed E-state index contributed by atoms with van der Waals surface area (Å²) in [5, 5.41) is 8.82. The Balaban J connectivity index is 2.38. The molecule has 0 saturated heterocycles. The average molecular weight is 430 g/mol.